The number of benzene rings is 2. The Bertz CT molecular complexity index is 751. The van der Waals surface area contributed by atoms with Crippen LogP contribution in [0.25, 0.3) is 16.7 Å². The van der Waals surface area contributed by atoms with Gasteiger partial charge < -0.3 is 5.32 Å². The second-order valence-corrected chi connectivity index (χ2v) is 4.03. The van der Waals surface area contributed by atoms with E-state index in [4.69, 9.17) is 0 Å². The van der Waals surface area contributed by atoms with E-state index in [0.717, 1.165) is 11.0 Å². The predicted molar refractivity (Wildman–Crippen MR) is 70.7 cm³/mol. The van der Waals surface area contributed by atoms with Gasteiger partial charge >= 0.3 is 0 Å². The highest BCUT2D eigenvalue weighted by Crippen LogP contribution is 2.21. The second kappa shape index (κ2) is 4.53. The molecule has 3 rings (SSSR count). The second-order valence-electron chi connectivity index (χ2n) is 4.03. The van der Waals surface area contributed by atoms with Crippen molar-refractivity contribution in [1.29, 1.82) is 0 Å². The molecule has 0 aliphatic carbocycles. The lowest BCUT2D eigenvalue weighted by Crippen LogP contribution is -1.99. The van der Waals surface area contributed by atoms with Gasteiger partial charge in [0.15, 0.2) is 0 Å². The number of nitrogens with one attached hydrogen (secondary N) is 1. The van der Waals surface area contributed by atoms with Gasteiger partial charge in [-0.15, -0.1) is 0 Å². The van der Waals surface area contributed by atoms with E-state index in [9.17, 15) is 9.18 Å². The van der Waals surface area contributed by atoms with Crippen molar-refractivity contribution in [1.82, 2.24) is 9.55 Å². The van der Waals surface area contributed by atoms with Crippen LogP contribution in [0.4, 0.5) is 10.1 Å². The third kappa shape index (κ3) is 1.95. The lowest BCUT2D eigenvalue weighted by atomic mass is 10.2. The summed E-state index contributed by atoms with van der Waals surface area (Å²) in [6, 6.07) is 12.2. The fourth-order valence-corrected chi connectivity index (χ4v) is 2.00. The molecule has 1 N–H and O–H groups in total. The molecule has 0 saturated carbocycles. The summed E-state index contributed by atoms with van der Waals surface area (Å²) in [4.78, 5) is 14.6. The van der Waals surface area contributed by atoms with E-state index in [0.29, 0.717) is 12.1 Å². The van der Waals surface area contributed by atoms with Crippen LogP contribution in [0, 0.1) is 5.82 Å². The van der Waals surface area contributed by atoms with Crippen molar-refractivity contribution < 1.29 is 9.18 Å². The first-order valence-corrected chi connectivity index (χ1v) is 5.72. The maximum atomic E-state index is 13.8. The third-order valence-corrected chi connectivity index (χ3v) is 2.90. The standard InChI is InChI=1S/C14H10FN3O/c15-11-7-10(5-6-12(11)17-9-19)18-8-16-13-3-1-2-4-14(13)18/h1-9H,(H,17,19). The molecule has 3 aromatic rings. The molecular formula is C14H10FN3O. The fraction of sp³-hybridized carbons (Fsp3) is 0. The van der Waals surface area contributed by atoms with Crippen molar-refractivity contribution in [3.63, 3.8) is 0 Å². The van der Waals surface area contributed by atoms with Crippen molar-refractivity contribution in [2.45, 2.75) is 0 Å². The van der Waals surface area contributed by atoms with Crippen LogP contribution in [0.2, 0.25) is 0 Å². The van der Waals surface area contributed by atoms with E-state index in [1.165, 1.54) is 12.1 Å². The molecule has 1 heterocycles. The molecule has 0 saturated heterocycles. The van der Waals surface area contributed by atoms with E-state index in [-0.39, 0.29) is 5.69 Å². The van der Waals surface area contributed by atoms with Crippen LogP contribution in [0.3, 0.4) is 0 Å². The number of hydrogen-bond donors (Lipinski definition) is 1. The number of carbonyl (C=O) groups excluding carboxylic acids is 1. The van der Waals surface area contributed by atoms with Gasteiger partial charge in [0.1, 0.15) is 12.1 Å². The number of anilines is 1. The van der Waals surface area contributed by atoms with Crippen LogP contribution in [0.5, 0.6) is 0 Å². The Balaban J connectivity index is 2.11. The van der Waals surface area contributed by atoms with Crippen LogP contribution in [0.1, 0.15) is 0 Å². The van der Waals surface area contributed by atoms with E-state index in [1.807, 2.05) is 24.3 Å². The number of carbonyl (C=O) groups is 1. The molecule has 0 aliphatic heterocycles. The molecule has 0 atom stereocenters. The van der Waals surface area contributed by atoms with E-state index in [2.05, 4.69) is 10.3 Å². The van der Waals surface area contributed by atoms with Gasteiger partial charge in [-0.05, 0) is 24.3 Å². The molecule has 2 aromatic carbocycles. The molecule has 0 bridgehead atoms. The van der Waals surface area contributed by atoms with Crippen LogP contribution in [0.15, 0.2) is 48.8 Å². The largest absolute Gasteiger partial charge is 0.326 e. The number of fused-ring (bicyclic) bond motifs is 1. The zero-order chi connectivity index (χ0) is 13.2. The minimum atomic E-state index is -0.484. The smallest absolute Gasteiger partial charge is 0.211 e. The molecule has 4 nitrogen and oxygen atoms in total. The highest BCUT2D eigenvalue weighted by molar-refractivity contribution is 5.78. The van der Waals surface area contributed by atoms with E-state index >= 15 is 0 Å². The monoisotopic (exact) mass is 255 g/mol. The van der Waals surface area contributed by atoms with Crippen LogP contribution >= 0.6 is 0 Å². The van der Waals surface area contributed by atoms with Gasteiger partial charge in [-0.25, -0.2) is 9.37 Å². The van der Waals surface area contributed by atoms with Crippen molar-refractivity contribution in [2.24, 2.45) is 0 Å². The number of hydrogen-bond acceptors (Lipinski definition) is 2. The molecule has 0 spiro atoms. The fourth-order valence-electron chi connectivity index (χ4n) is 2.00. The summed E-state index contributed by atoms with van der Waals surface area (Å²) in [6.45, 7) is 0. The number of halogens is 1. The van der Waals surface area contributed by atoms with Crippen molar-refractivity contribution >= 4 is 23.1 Å². The maximum Gasteiger partial charge on any atom is 0.211 e. The summed E-state index contributed by atoms with van der Waals surface area (Å²) in [7, 11) is 0. The van der Waals surface area contributed by atoms with Crippen molar-refractivity contribution in [3.05, 3.63) is 54.6 Å². The van der Waals surface area contributed by atoms with Crippen molar-refractivity contribution in [2.75, 3.05) is 5.32 Å². The van der Waals surface area contributed by atoms with Gasteiger partial charge in [0.05, 0.1) is 22.4 Å². The molecule has 0 fully saturated rings. The number of amides is 1. The minimum absolute atomic E-state index is 0.156. The minimum Gasteiger partial charge on any atom is -0.326 e. The Morgan fingerprint density at radius 1 is 1.21 bits per heavy atom. The summed E-state index contributed by atoms with van der Waals surface area (Å²) >= 11 is 0. The first-order valence-electron chi connectivity index (χ1n) is 5.72. The van der Waals surface area contributed by atoms with Gasteiger partial charge in [0, 0.05) is 6.07 Å². The number of imidazole rings is 1. The molecule has 19 heavy (non-hydrogen) atoms. The number of nitrogens with zero attached hydrogens (tertiary/aromatic N) is 2. The number of para-hydroxylation sites is 2. The van der Waals surface area contributed by atoms with Gasteiger partial charge in [-0.1, -0.05) is 12.1 Å². The summed E-state index contributed by atoms with van der Waals surface area (Å²) in [5.74, 6) is -0.484. The first-order chi connectivity index (χ1) is 9.29. The molecule has 0 aliphatic rings. The van der Waals surface area contributed by atoms with Crippen LogP contribution in [-0.2, 0) is 4.79 Å². The maximum absolute atomic E-state index is 13.8. The molecule has 0 unspecified atom stereocenters. The Morgan fingerprint density at radius 3 is 2.84 bits per heavy atom. The van der Waals surface area contributed by atoms with Gasteiger partial charge in [-0.3, -0.25) is 9.36 Å². The summed E-state index contributed by atoms with van der Waals surface area (Å²) in [5.41, 5.74) is 2.56. The SMILES string of the molecule is O=CNc1ccc(-n2cnc3ccccc32)cc1F. The average molecular weight is 255 g/mol. The first kappa shape index (κ1) is 11.4. The molecule has 1 amide bonds. The molecule has 0 radical (unpaired) electrons. The zero-order valence-electron chi connectivity index (χ0n) is 9.88. The van der Waals surface area contributed by atoms with Crippen LogP contribution in [-0.4, -0.2) is 16.0 Å². The van der Waals surface area contributed by atoms with Crippen LogP contribution < -0.4 is 5.32 Å². The Labute approximate surface area is 108 Å². The molecule has 1 aromatic heterocycles. The highest BCUT2D eigenvalue weighted by Gasteiger charge is 2.07. The Hall–Kier alpha value is -2.69. The van der Waals surface area contributed by atoms with E-state index < -0.39 is 5.82 Å². The lowest BCUT2D eigenvalue weighted by molar-refractivity contribution is -0.105. The summed E-state index contributed by atoms with van der Waals surface area (Å²) < 4.78 is 15.6. The zero-order valence-corrected chi connectivity index (χ0v) is 9.88. The average Bonchev–Trinajstić information content (AvgIpc) is 2.85. The third-order valence-electron chi connectivity index (χ3n) is 2.90. The molecular weight excluding hydrogens is 245 g/mol. The van der Waals surface area contributed by atoms with Crippen molar-refractivity contribution in [3.8, 4) is 5.69 Å². The summed E-state index contributed by atoms with van der Waals surface area (Å²) in [5, 5.41) is 2.31. The topological polar surface area (TPSA) is 46.9 Å². The Kier molecular flexibility index (Phi) is 2.72. The molecule has 5 heteroatoms. The normalized spacial score (nSPS) is 10.6. The van der Waals surface area contributed by atoms with E-state index in [1.54, 1.807) is 17.0 Å². The number of rotatable bonds is 3. The quantitative estimate of drug-likeness (QED) is 0.731. The van der Waals surface area contributed by atoms with Gasteiger partial charge in [0.25, 0.3) is 0 Å². The predicted octanol–water partition coefficient (Wildman–Crippen LogP) is 2.73. The highest BCUT2D eigenvalue weighted by atomic mass is 19.1. The lowest BCUT2D eigenvalue weighted by Gasteiger charge is -2.07. The Morgan fingerprint density at radius 2 is 2.05 bits per heavy atom. The van der Waals surface area contributed by atoms with Gasteiger partial charge in [0.2, 0.25) is 6.41 Å². The van der Waals surface area contributed by atoms with Gasteiger partial charge in [-0.2, -0.15) is 0 Å². The molecule has 94 valence electrons. The summed E-state index contributed by atoms with van der Waals surface area (Å²) in [6.07, 6.45) is 2.09. The number of aromatic nitrogens is 2.